The first-order valence-corrected chi connectivity index (χ1v) is 6.24. The number of hydrogen-bond donors (Lipinski definition) is 1. The number of fused-ring (bicyclic) bond motifs is 1. The van der Waals surface area contributed by atoms with Crippen LogP contribution in [0.15, 0.2) is 11.6 Å². The number of carbonyl (C=O) groups is 2. The van der Waals surface area contributed by atoms with Gasteiger partial charge in [0.25, 0.3) is 0 Å². The Morgan fingerprint density at radius 3 is 2.76 bits per heavy atom. The molecule has 1 saturated carbocycles. The zero-order chi connectivity index (χ0) is 12.4. The van der Waals surface area contributed by atoms with Gasteiger partial charge in [0.15, 0.2) is 0 Å². The van der Waals surface area contributed by atoms with Gasteiger partial charge in [-0.1, -0.05) is 18.9 Å². The van der Waals surface area contributed by atoms with Gasteiger partial charge in [-0.15, -0.1) is 0 Å². The molecule has 3 atom stereocenters. The van der Waals surface area contributed by atoms with Crippen LogP contribution in [0, 0.1) is 11.8 Å². The van der Waals surface area contributed by atoms with E-state index >= 15 is 0 Å². The quantitative estimate of drug-likeness (QED) is 0.755. The van der Waals surface area contributed by atoms with E-state index in [0.29, 0.717) is 11.8 Å². The Morgan fingerprint density at radius 1 is 1.41 bits per heavy atom. The predicted octanol–water partition coefficient (Wildman–Crippen LogP) is 1.41. The summed E-state index contributed by atoms with van der Waals surface area (Å²) < 4.78 is 4.58. The Morgan fingerprint density at radius 2 is 2.12 bits per heavy atom. The van der Waals surface area contributed by atoms with Crippen molar-refractivity contribution in [3.8, 4) is 0 Å². The summed E-state index contributed by atoms with van der Waals surface area (Å²) in [5, 5.41) is 2.68. The van der Waals surface area contributed by atoms with Gasteiger partial charge in [-0.3, -0.25) is 4.79 Å². The van der Waals surface area contributed by atoms with Gasteiger partial charge < -0.3 is 10.1 Å². The average Bonchev–Trinajstić information content (AvgIpc) is 2.29. The first-order valence-electron chi connectivity index (χ1n) is 6.24. The van der Waals surface area contributed by atoms with Crippen molar-refractivity contribution in [3.05, 3.63) is 11.6 Å². The van der Waals surface area contributed by atoms with Crippen LogP contribution >= 0.6 is 0 Å². The van der Waals surface area contributed by atoms with Crippen molar-refractivity contribution in [1.29, 1.82) is 0 Å². The lowest BCUT2D eigenvalue weighted by Gasteiger charge is -2.39. The summed E-state index contributed by atoms with van der Waals surface area (Å²) in [4.78, 5) is 23.1. The molecule has 94 valence electrons. The minimum Gasteiger partial charge on any atom is -0.467 e. The molecule has 2 rings (SSSR count). The second kappa shape index (κ2) is 4.90. The molecule has 3 unspecified atom stereocenters. The van der Waals surface area contributed by atoms with Crippen molar-refractivity contribution >= 4 is 11.9 Å². The molecule has 2 aliphatic rings. The van der Waals surface area contributed by atoms with E-state index in [-0.39, 0.29) is 5.91 Å². The molecule has 0 spiro atoms. The molecule has 17 heavy (non-hydrogen) atoms. The van der Waals surface area contributed by atoms with E-state index in [1.165, 1.54) is 26.4 Å². The van der Waals surface area contributed by atoms with Crippen LogP contribution in [0.4, 0.5) is 0 Å². The van der Waals surface area contributed by atoms with E-state index in [9.17, 15) is 9.59 Å². The van der Waals surface area contributed by atoms with Crippen LogP contribution in [-0.2, 0) is 14.3 Å². The molecule has 0 saturated heterocycles. The summed E-state index contributed by atoms with van der Waals surface area (Å²) in [6.07, 6.45) is 6.84. The van der Waals surface area contributed by atoms with Crippen LogP contribution in [0.3, 0.4) is 0 Å². The molecule has 0 heterocycles. The normalized spacial score (nSPS) is 28.2. The minimum absolute atomic E-state index is 0.106. The van der Waals surface area contributed by atoms with Gasteiger partial charge in [0, 0.05) is 5.57 Å². The van der Waals surface area contributed by atoms with Crippen LogP contribution in [-0.4, -0.2) is 25.0 Å². The fourth-order valence-electron chi connectivity index (χ4n) is 2.74. The van der Waals surface area contributed by atoms with E-state index in [4.69, 9.17) is 0 Å². The Labute approximate surface area is 101 Å². The van der Waals surface area contributed by atoms with E-state index in [1.54, 1.807) is 6.92 Å². The van der Waals surface area contributed by atoms with Gasteiger partial charge in [0.2, 0.25) is 5.91 Å². The molecular weight excluding hydrogens is 218 g/mol. The number of nitrogens with one attached hydrogen (secondary N) is 1. The number of allylic oxidation sites excluding steroid dienone is 1. The maximum absolute atomic E-state index is 11.9. The Bertz CT molecular complexity index is 362. The molecule has 2 aliphatic carbocycles. The van der Waals surface area contributed by atoms with Crippen LogP contribution in [0.5, 0.6) is 0 Å². The summed E-state index contributed by atoms with van der Waals surface area (Å²) in [6.45, 7) is 1.64. The molecule has 0 aromatic rings. The Hall–Kier alpha value is -1.32. The number of hydrogen-bond acceptors (Lipinski definition) is 3. The molecule has 0 aromatic carbocycles. The molecule has 1 fully saturated rings. The highest BCUT2D eigenvalue weighted by molar-refractivity contribution is 5.97. The maximum Gasteiger partial charge on any atom is 0.328 e. The van der Waals surface area contributed by atoms with E-state index in [1.807, 2.05) is 0 Å². The predicted molar refractivity (Wildman–Crippen MR) is 63.2 cm³/mol. The van der Waals surface area contributed by atoms with E-state index < -0.39 is 12.0 Å². The van der Waals surface area contributed by atoms with Gasteiger partial charge in [-0.25, -0.2) is 4.79 Å². The van der Waals surface area contributed by atoms with Crippen LogP contribution in [0.2, 0.25) is 0 Å². The standard InChI is InChI=1S/C13H19NO3/c1-8(13(16)17-2)14-12(15)11-7-9-5-3-4-6-10(9)11/h7-10H,3-6H2,1-2H3,(H,14,15). The topological polar surface area (TPSA) is 55.4 Å². The Balaban J connectivity index is 1.91. The number of amides is 1. The van der Waals surface area contributed by atoms with Gasteiger partial charge in [-0.05, 0) is 31.6 Å². The highest BCUT2D eigenvalue weighted by atomic mass is 16.5. The number of carbonyl (C=O) groups excluding carboxylic acids is 2. The lowest BCUT2D eigenvalue weighted by atomic mass is 9.66. The van der Waals surface area contributed by atoms with Crippen LogP contribution in [0.1, 0.15) is 32.6 Å². The van der Waals surface area contributed by atoms with Crippen molar-refractivity contribution < 1.29 is 14.3 Å². The fourth-order valence-corrected chi connectivity index (χ4v) is 2.74. The first kappa shape index (κ1) is 12.1. The van der Waals surface area contributed by atoms with E-state index in [2.05, 4.69) is 16.1 Å². The van der Waals surface area contributed by atoms with Gasteiger partial charge in [-0.2, -0.15) is 0 Å². The molecule has 4 heteroatoms. The monoisotopic (exact) mass is 237 g/mol. The third-order valence-electron chi connectivity index (χ3n) is 3.78. The molecule has 0 radical (unpaired) electrons. The van der Waals surface area contributed by atoms with Crippen molar-refractivity contribution in [2.45, 2.75) is 38.6 Å². The summed E-state index contributed by atoms with van der Waals surface area (Å²) in [5.41, 5.74) is 0.866. The lowest BCUT2D eigenvalue weighted by Crippen LogP contribution is -2.44. The lowest BCUT2D eigenvalue weighted by molar-refractivity contribution is -0.144. The number of esters is 1. The molecule has 4 nitrogen and oxygen atoms in total. The first-order chi connectivity index (χ1) is 8.13. The van der Waals surface area contributed by atoms with Gasteiger partial charge in [0.1, 0.15) is 6.04 Å². The zero-order valence-corrected chi connectivity index (χ0v) is 10.4. The van der Waals surface area contributed by atoms with Crippen molar-refractivity contribution in [1.82, 2.24) is 5.32 Å². The summed E-state index contributed by atoms with van der Waals surface area (Å²) >= 11 is 0. The maximum atomic E-state index is 11.9. The third-order valence-corrected chi connectivity index (χ3v) is 3.78. The second-order valence-corrected chi connectivity index (χ2v) is 4.90. The smallest absolute Gasteiger partial charge is 0.328 e. The van der Waals surface area contributed by atoms with Crippen molar-refractivity contribution in [2.24, 2.45) is 11.8 Å². The minimum atomic E-state index is -0.573. The van der Waals surface area contributed by atoms with Crippen molar-refractivity contribution in [2.75, 3.05) is 7.11 Å². The highest BCUT2D eigenvalue weighted by Crippen LogP contribution is 2.43. The molecule has 1 amide bonds. The SMILES string of the molecule is COC(=O)C(C)NC(=O)C1=CC2CCCCC12. The summed E-state index contributed by atoms with van der Waals surface area (Å²) in [7, 11) is 1.32. The average molecular weight is 237 g/mol. The number of ether oxygens (including phenoxy) is 1. The molecule has 0 bridgehead atoms. The Kier molecular flexibility index (Phi) is 3.50. The number of methoxy groups -OCH3 is 1. The number of rotatable bonds is 3. The van der Waals surface area contributed by atoms with Gasteiger partial charge >= 0.3 is 5.97 Å². The van der Waals surface area contributed by atoms with Crippen molar-refractivity contribution in [3.63, 3.8) is 0 Å². The van der Waals surface area contributed by atoms with E-state index in [0.717, 1.165) is 12.0 Å². The second-order valence-electron chi connectivity index (χ2n) is 4.90. The zero-order valence-electron chi connectivity index (χ0n) is 10.4. The highest BCUT2D eigenvalue weighted by Gasteiger charge is 2.38. The molecule has 0 aromatic heterocycles. The van der Waals surface area contributed by atoms with Crippen LogP contribution < -0.4 is 5.32 Å². The fraction of sp³-hybridized carbons (Fsp3) is 0.692. The molecule has 1 N–H and O–H groups in total. The summed E-state index contributed by atoms with van der Waals surface area (Å²) in [5.74, 6) is 0.510. The third kappa shape index (κ3) is 2.35. The molecular formula is C13H19NO3. The molecule has 0 aliphatic heterocycles. The largest absolute Gasteiger partial charge is 0.467 e. The van der Waals surface area contributed by atoms with Gasteiger partial charge in [0.05, 0.1) is 7.11 Å². The van der Waals surface area contributed by atoms with Crippen LogP contribution in [0.25, 0.3) is 0 Å². The summed E-state index contributed by atoms with van der Waals surface area (Å²) in [6, 6.07) is -0.573.